The van der Waals surface area contributed by atoms with Crippen LogP contribution >= 0.6 is 0 Å². The number of hydrogen-bond donors (Lipinski definition) is 3. The molecule has 1 aliphatic rings. The molecular weight excluding hydrogens is 237 g/mol. The number of phenolic OH excluding ortho intramolecular Hbond substituents is 1. The first kappa shape index (κ1) is 12.8. The number of benzene rings is 1. The van der Waals surface area contributed by atoms with Crippen LogP contribution in [0.3, 0.4) is 0 Å². The smallest absolute Gasteiger partial charge is 0.258 e. The molecule has 0 spiro atoms. The van der Waals surface area contributed by atoms with E-state index in [0.717, 1.165) is 25.3 Å². The second kappa shape index (κ2) is 5.35. The predicted octanol–water partition coefficient (Wildman–Crippen LogP) is 1.42. The fraction of sp³-hybridized carbons (Fsp3) is 0.462. The molecule has 2 atom stereocenters. The van der Waals surface area contributed by atoms with Crippen molar-refractivity contribution in [1.82, 2.24) is 5.32 Å². The van der Waals surface area contributed by atoms with Gasteiger partial charge in [0.15, 0.2) is 0 Å². The molecule has 18 heavy (non-hydrogen) atoms. The summed E-state index contributed by atoms with van der Waals surface area (Å²) in [5, 5.41) is 21.6. The molecule has 0 saturated heterocycles. The molecular formula is C13H16FNO3. The molecule has 1 aromatic carbocycles. The largest absolute Gasteiger partial charge is 0.507 e. The summed E-state index contributed by atoms with van der Waals surface area (Å²) in [6.45, 7) is 0.299. The lowest BCUT2D eigenvalue weighted by molar-refractivity contribution is 0.0910. The van der Waals surface area contributed by atoms with Gasteiger partial charge < -0.3 is 15.5 Å². The Hall–Kier alpha value is -1.62. The molecule has 1 aromatic rings. The lowest BCUT2D eigenvalue weighted by Crippen LogP contribution is -2.32. The van der Waals surface area contributed by atoms with Crippen molar-refractivity contribution in [1.29, 1.82) is 0 Å². The average molecular weight is 253 g/mol. The number of nitrogens with one attached hydrogen (secondary N) is 1. The lowest BCUT2D eigenvalue weighted by atomic mass is 10.1. The minimum absolute atomic E-state index is 0.0165. The van der Waals surface area contributed by atoms with Crippen LogP contribution in [0.15, 0.2) is 18.2 Å². The summed E-state index contributed by atoms with van der Waals surface area (Å²) in [5.74, 6) is -1.76. The lowest BCUT2D eigenvalue weighted by Gasteiger charge is -2.15. The molecule has 0 heterocycles. The van der Waals surface area contributed by atoms with Gasteiger partial charge in [-0.15, -0.1) is 0 Å². The fourth-order valence-electron chi connectivity index (χ4n) is 2.31. The zero-order chi connectivity index (χ0) is 13.1. The highest BCUT2D eigenvalue weighted by atomic mass is 19.1. The molecule has 4 nitrogen and oxygen atoms in total. The summed E-state index contributed by atoms with van der Waals surface area (Å²) in [4.78, 5) is 11.8. The molecule has 1 saturated carbocycles. The maximum absolute atomic E-state index is 13.4. The second-order valence-electron chi connectivity index (χ2n) is 4.60. The summed E-state index contributed by atoms with van der Waals surface area (Å²) in [7, 11) is 0. The number of rotatable bonds is 3. The maximum atomic E-state index is 13.4. The minimum Gasteiger partial charge on any atom is -0.507 e. The highest BCUT2D eigenvalue weighted by molar-refractivity contribution is 5.97. The van der Waals surface area contributed by atoms with Gasteiger partial charge in [-0.1, -0.05) is 12.5 Å². The van der Waals surface area contributed by atoms with Crippen molar-refractivity contribution in [3.63, 3.8) is 0 Å². The Morgan fingerprint density at radius 2 is 2.22 bits per heavy atom. The van der Waals surface area contributed by atoms with Crippen LogP contribution in [0.2, 0.25) is 0 Å². The van der Waals surface area contributed by atoms with Crippen LogP contribution in [0, 0.1) is 11.7 Å². The number of aromatic hydroxyl groups is 1. The van der Waals surface area contributed by atoms with Gasteiger partial charge >= 0.3 is 0 Å². The van der Waals surface area contributed by atoms with Gasteiger partial charge in [0.2, 0.25) is 0 Å². The number of aliphatic hydroxyl groups is 1. The third-order valence-corrected chi connectivity index (χ3v) is 3.36. The molecule has 2 rings (SSSR count). The van der Waals surface area contributed by atoms with Crippen molar-refractivity contribution >= 4 is 5.91 Å². The van der Waals surface area contributed by atoms with Crippen molar-refractivity contribution < 1.29 is 19.4 Å². The van der Waals surface area contributed by atoms with Gasteiger partial charge in [-0.2, -0.15) is 0 Å². The SMILES string of the molecule is O=C(NCC1CCCC1O)c1c(O)cccc1F. The van der Waals surface area contributed by atoms with Crippen molar-refractivity contribution in [2.24, 2.45) is 5.92 Å². The van der Waals surface area contributed by atoms with Crippen LogP contribution in [0.1, 0.15) is 29.6 Å². The van der Waals surface area contributed by atoms with E-state index in [-0.39, 0.29) is 17.2 Å². The summed E-state index contributed by atoms with van der Waals surface area (Å²) in [6.07, 6.45) is 2.13. The van der Waals surface area contributed by atoms with Crippen LogP contribution in [0.4, 0.5) is 4.39 Å². The topological polar surface area (TPSA) is 69.6 Å². The van der Waals surface area contributed by atoms with Crippen molar-refractivity contribution in [3.05, 3.63) is 29.6 Å². The van der Waals surface area contributed by atoms with Crippen molar-refractivity contribution in [2.45, 2.75) is 25.4 Å². The molecule has 3 N–H and O–H groups in total. The van der Waals surface area contributed by atoms with Crippen molar-refractivity contribution in [3.8, 4) is 5.75 Å². The zero-order valence-electron chi connectivity index (χ0n) is 9.90. The maximum Gasteiger partial charge on any atom is 0.258 e. The molecule has 98 valence electrons. The highest BCUT2D eigenvalue weighted by Crippen LogP contribution is 2.25. The van der Waals surface area contributed by atoms with Crippen LogP contribution in [-0.2, 0) is 0 Å². The Bertz CT molecular complexity index is 430. The molecule has 0 radical (unpaired) electrons. The fourth-order valence-corrected chi connectivity index (χ4v) is 2.31. The van der Waals surface area contributed by atoms with Crippen LogP contribution in [0.5, 0.6) is 5.75 Å². The third kappa shape index (κ3) is 2.61. The number of halogens is 1. The first-order chi connectivity index (χ1) is 8.59. The predicted molar refractivity (Wildman–Crippen MR) is 63.7 cm³/mol. The number of carbonyl (C=O) groups excluding carboxylic acids is 1. The Labute approximate surface area is 104 Å². The van der Waals surface area contributed by atoms with Gasteiger partial charge in [-0.25, -0.2) is 4.39 Å². The van der Waals surface area contributed by atoms with Gasteiger partial charge in [0.05, 0.1) is 6.10 Å². The summed E-state index contributed by atoms with van der Waals surface area (Å²) < 4.78 is 13.4. The first-order valence-corrected chi connectivity index (χ1v) is 6.03. The van der Waals surface area contributed by atoms with E-state index < -0.39 is 17.8 Å². The molecule has 0 aromatic heterocycles. The van der Waals surface area contributed by atoms with Crippen LogP contribution in [0.25, 0.3) is 0 Å². The quantitative estimate of drug-likeness (QED) is 0.763. The highest BCUT2D eigenvalue weighted by Gasteiger charge is 2.26. The van der Waals surface area contributed by atoms with E-state index in [2.05, 4.69) is 5.32 Å². The van der Waals surface area contributed by atoms with E-state index in [0.29, 0.717) is 6.54 Å². The monoisotopic (exact) mass is 253 g/mol. The summed E-state index contributed by atoms with van der Waals surface area (Å²) in [6, 6.07) is 3.73. The molecule has 1 fully saturated rings. The molecule has 5 heteroatoms. The minimum atomic E-state index is -0.750. The van der Waals surface area contributed by atoms with E-state index in [4.69, 9.17) is 0 Å². The second-order valence-corrected chi connectivity index (χ2v) is 4.60. The summed E-state index contributed by atoms with van der Waals surface area (Å²) in [5.41, 5.74) is -0.343. The molecule has 2 unspecified atom stereocenters. The molecule has 0 bridgehead atoms. The molecule has 0 aliphatic heterocycles. The van der Waals surface area contributed by atoms with Gasteiger partial charge in [0.25, 0.3) is 5.91 Å². The van der Waals surface area contributed by atoms with E-state index in [1.165, 1.54) is 12.1 Å². The average Bonchev–Trinajstić information content (AvgIpc) is 2.72. The van der Waals surface area contributed by atoms with Crippen molar-refractivity contribution in [2.75, 3.05) is 6.54 Å². The number of amides is 1. The zero-order valence-corrected chi connectivity index (χ0v) is 9.90. The van der Waals surface area contributed by atoms with Crippen LogP contribution < -0.4 is 5.32 Å². The van der Waals surface area contributed by atoms with Gasteiger partial charge in [0.1, 0.15) is 17.1 Å². The summed E-state index contributed by atoms with van der Waals surface area (Å²) >= 11 is 0. The Morgan fingerprint density at radius 3 is 2.83 bits per heavy atom. The van der Waals surface area contributed by atoms with E-state index in [9.17, 15) is 19.4 Å². The number of carbonyl (C=O) groups is 1. The van der Waals surface area contributed by atoms with E-state index >= 15 is 0 Å². The third-order valence-electron chi connectivity index (χ3n) is 3.36. The van der Waals surface area contributed by atoms with Crippen LogP contribution in [-0.4, -0.2) is 28.8 Å². The van der Waals surface area contributed by atoms with Gasteiger partial charge in [-0.3, -0.25) is 4.79 Å². The molecule has 1 amide bonds. The van der Waals surface area contributed by atoms with E-state index in [1.807, 2.05) is 0 Å². The number of phenols is 1. The van der Waals surface area contributed by atoms with Gasteiger partial charge in [-0.05, 0) is 25.0 Å². The number of hydrogen-bond acceptors (Lipinski definition) is 3. The first-order valence-electron chi connectivity index (χ1n) is 6.03. The van der Waals surface area contributed by atoms with E-state index in [1.54, 1.807) is 0 Å². The standard InChI is InChI=1S/C13H16FNO3/c14-9-4-2-6-11(17)12(9)13(18)15-7-8-3-1-5-10(8)16/h2,4,6,8,10,16-17H,1,3,5,7H2,(H,15,18). The Morgan fingerprint density at radius 1 is 1.44 bits per heavy atom. The normalized spacial score (nSPS) is 23.0. The Balaban J connectivity index is 1.99. The van der Waals surface area contributed by atoms with Gasteiger partial charge in [0, 0.05) is 12.5 Å². The Kier molecular flexibility index (Phi) is 3.81. The molecule has 1 aliphatic carbocycles. The number of aliphatic hydroxyl groups excluding tert-OH is 1.